The Morgan fingerprint density at radius 3 is 2.73 bits per heavy atom. The summed E-state index contributed by atoms with van der Waals surface area (Å²) in [5.74, 6) is 0.575. The van der Waals surface area contributed by atoms with Gasteiger partial charge in [0.15, 0.2) is 0 Å². The zero-order valence-electron chi connectivity index (χ0n) is 11.6. The number of hydrogen-bond acceptors (Lipinski definition) is 5. The summed E-state index contributed by atoms with van der Waals surface area (Å²) in [5, 5.41) is 11.5. The molecule has 1 heterocycles. The van der Waals surface area contributed by atoms with Crippen LogP contribution in [0.25, 0.3) is 22.3 Å². The summed E-state index contributed by atoms with van der Waals surface area (Å²) in [4.78, 5) is 29.5. The lowest BCUT2D eigenvalue weighted by atomic mass is 10.1. The number of non-ortho nitro benzene ring substituents is 1. The highest BCUT2D eigenvalue weighted by Gasteiger charge is 2.13. The molecule has 0 saturated heterocycles. The first-order valence-electron chi connectivity index (χ1n) is 6.41. The van der Waals surface area contributed by atoms with Crippen LogP contribution >= 0.6 is 0 Å². The lowest BCUT2D eigenvalue weighted by Crippen LogP contribution is -2.09. The number of ether oxygens (including phenoxy) is 1. The number of H-pyrrole nitrogens is 1. The summed E-state index contributed by atoms with van der Waals surface area (Å²) < 4.78 is 5.06. The van der Waals surface area contributed by atoms with Crippen molar-refractivity contribution in [2.45, 2.75) is 0 Å². The van der Waals surface area contributed by atoms with Crippen LogP contribution in [0.1, 0.15) is 0 Å². The Morgan fingerprint density at radius 2 is 2.00 bits per heavy atom. The van der Waals surface area contributed by atoms with Crippen molar-refractivity contribution in [3.63, 3.8) is 0 Å². The van der Waals surface area contributed by atoms with Gasteiger partial charge in [0.25, 0.3) is 11.2 Å². The van der Waals surface area contributed by atoms with Gasteiger partial charge in [0, 0.05) is 11.6 Å². The molecule has 22 heavy (non-hydrogen) atoms. The zero-order valence-corrected chi connectivity index (χ0v) is 11.6. The van der Waals surface area contributed by atoms with E-state index in [2.05, 4.69) is 9.97 Å². The number of nitro groups is 1. The smallest absolute Gasteiger partial charge is 0.273 e. The molecule has 3 aromatic rings. The molecule has 0 aliphatic heterocycles. The molecule has 7 heteroatoms. The van der Waals surface area contributed by atoms with Crippen molar-refractivity contribution in [2.75, 3.05) is 7.11 Å². The molecule has 3 rings (SSSR count). The highest BCUT2D eigenvalue weighted by molar-refractivity contribution is 5.79. The van der Waals surface area contributed by atoms with Crippen LogP contribution in [0.15, 0.2) is 47.3 Å². The number of rotatable bonds is 3. The molecule has 0 atom stereocenters. The normalized spacial score (nSPS) is 10.6. The van der Waals surface area contributed by atoms with Gasteiger partial charge in [0.2, 0.25) is 0 Å². The molecule has 1 N–H and O–H groups in total. The van der Waals surface area contributed by atoms with Crippen molar-refractivity contribution in [3.05, 3.63) is 62.9 Å². The molecule has 0 amide bonds. The van der Waals surface area contributed by atoms with E-state index in [1.54, 1.807) is 30.3 Å². The average molecular weight is 297 g/mol. The molecule has 0 unspecified atom stereocenters. The first-order chi connectivity index (χ1) is 10.6. The molecule has 0 bridgehead atoms. The van der Waals surface area contributed by atoms with Crippen molar-refractivity contribution in [2.24, 2.45) is 0 Å². The number of para-hydroxylation sites is 1. The maximum Gasteiger partial charge on any atom is 0.273 e. The predicted molar refractivity (Wildman–Crippen MR) is 81.0 cm³/mol. The van der Waals surface area contributed by atoms with Gasteiger partial charge in [-0.2, -0.15) is 0 Å². The van der Waals surface area contributed by atoms with E-state index in [9.17, 15) is 14.9 Å². The molecule has 110 valence electrons. The second kappa shape index (κ2) is 5.28. The van der Waals surface area contributed by atoms with Gasteiger partial charge in [-0.05, 0) is 18.2 Å². The Balaban J connectivity index is 2.25. The molecule has 0 spiro atoms. The maximum absolute atomic E-state index is 12.1. The van der Waals surface area contributed by atoms with Gasteiger partial charge < -0.3 is 9.72 Å². The topological polar surface area (TPSA) is 98.1 Å². The van der Waals surface area contributed by atoms with Crippen LogP contribution in [-0.4, -0.2) is 22.0 Å². The number of aromatic nitrogens is 2. The number of nitrogens with one attached hydrogen (secondary N) is 1. The number of benzene rings is 2. The monoisotopic (exact) mass is 297 g/mol. The number of nitrogens with zero attached hydrogens (tertiary/aromatic N) is 2. The highest BCUT2D eigenvalue weighted by atomic mass is 16.6. The van der Waals surface area contributed by atoms with Crippen molar-refractivity contribution in [1.82, 2.24) is 9.97 Å². The quantitative estimate of drug-likeness (QED) is 0.591. The summed E-state index contributed by atoms with van der Waals surface area (Å²) >= 11 is 0. The molecular weight excluding hydrogens is 286 g/mol. The third kappa shape index (κ3) is 2.39. The minimum atomic E-state index is -0.523. The molecule has 7 nitrogen and oxygen atoms in total. The Hall–Kier alpha value is -3.22. The SMILES string of the molecule is COc1cc(-c2nc3ccccc3c(=O)[nH]2)cc([N+](=O)[O-])c1. The van der Waals surface area contributed by atoms with Crippen LogP contribution in [0, 0.1) is 10.1 Å². The van der Waals surface area contributed by atoms with Crippen LogP contribution in [-0.2, 0) is 0 Å². The van der Waals surface area contributed by atoms with E-state index < -0.39 is 4.92 Å². The lowest BCUT2D eigenvalue weighted by Gasteiger charge is -2.06. The zero-order chi connectivity index (χ0) is 15.7. The molecule has 1 aromatic heterocycles. The van der Waals surface area contributed by atoms with Crippen LogP contribution in [0.2, 0.25) is 0 Å². The molecule has 0 fully saturated rings. The van der Waals surface area contributed by atoms with Gasteiger partial charge in [0.1, 0.15) is 11.6 Å². The molecule has 0 saturated carbocycles. The van der Waals surface area contributed by atoms with Gasteiger partial charge >= 0.3 is 0 Å². The molecule has 0 aliphatic rings. The van der Waals surface area contributed by atoms with Gasteiger partial charge in [-0.25, -0.2) is 4.98 Å². The third-order valence-electron chi connectivity index (χ3n) is 3.22. The van der Waals surface area contributed by atoms with Crippen molar-refractivity contribution in [3.8, 4) is 17.1 Å². The van der Waals surface area contributed by atoms with Crippen LogP contribution < -0.4 is 10.3 Å². The Kier molecular flexibility index (Phi) is 3.30. The minimum absolute atomic E-state index is 0.134. The Labute approximate surface area is 124 Å². The molecule has 0 radical (unpaired) electrons. The summed E-state index contributed by atoms with van der Waals surface area (Å²) in [6, 6.07) is 11.1. The van der Waals surface area contributed by atoms with Crippen LogP contribution in [0.3, 0.4) is 0 Å². The molecule has 0 aliphatic carbocycles. The maximum atomic E-state index is 12.1. The highest BCUT2D eigenvalue weighted by Crippen LogP contribution is 2.27. The number of aromatic amines is 1. The fourth-order valence-corrected chi connectivity index (χ4v) is 2.17. The fourth-order valence-electron chi connectivity index (χ4n) is 2.17. The predicted octanol–water partition coefficient (Wildman–Crippen LogP) is 2.51. The number of nitro benzene ring substituents is 1. The van der Waals surface area contributed by atoms with Crippen LogP contribution in [0.4, 0.5) is 5.69 Å². The van der Waals surface area contributed by atoms with E-state index in [1.807, 2.05) is 0 Å². The second-order valence-corrected chi connectivity index (χ2v) is 4.61. The summed E-state index contributed by atoms with van der Waals surface area (Å²) in [5.41, 5.74) is 0.497. The number of methoxy groups -OCH3 is 1. The summed E-state index contributed by atoms with van der Waals surface area (Å²) in [6.07, 6.45) is 0. The van der Waals surface area contributed by atoms with Crippen molar-refractivity contribution in [1.29, 1.82) is 0 Å². The lowest BCUT2D eigenvalue weighted by molar-refractivity contribution is -0.384. The van der Waals surface area contributed by atoms with Gasteiger partial charge in [-0.15, -0.1) is 0 Å². The van der Waals surface area contributed by atoms with Crippen molar-refractivity contribution >= 4 is 16.6 Å². The van der Waals surface area contributed by atoms with Gasteiger partial charge in [-0.3, -0.25) is 14.9 Å². The Morgan fingerprint density at radius 1 is 1.23 bits per heavy atom. The van der Waals surface area contributed by atoms with E-state index in [0.29, 0.717) is 22.2 Å². The van der Waals surface area contributed by atoms with E-state index in [-0.39, 0.29) is 17.1 Å². The largest absolute Gasteiger partial charge is 0.496 e. The summed E-state index contributed by atoms with van der Waals surface area (Å²) in [7, 11) is 1.42. The molecular formula is C15H11N3O4. The first kappa shape index (κ1) is 13.7. The van der Waals surface area contributed by atoms with Gasteiger partial charge in [0.05, 0.1) is 29.0 Å². The second-order valence-electron chi connectivity index (χ2n) is 4.61. The van der Waals surface area contributed by atoms with E-state index in [4.69, 9.17) is 4.74 Å². The fraction of sp³-hybridized carbons (Fsp3) is 0.0667. The van der Waals surface area contributed by atoms with E-state index in [0.717, 1.165) is 0 Å². The van der Waals surface area contributed by atoms with Gasteiger partial charge in [-0.1, -0.05) is 12.1 Å². The van der Waals surface area contributed by atoms with Crippen LogP contribution in [0.5, 0.6) is 5.75 Å². The minimum Gasteiger partial charge on any atom is -0.496 e. The van der Waals surface area contributed by atoms with Crippen molar-refractivity contribution < 1.29 is 9.66 Å². The summed E-state index contributed by atoms with van der Waals surface area (Å²) in [6.45, 7) is 0. The van der Waals surface area contributed by atoms with E-state index in [1.165, 1.54) is 19.2 Å². The first-order valence-corrected chi connectivity index (χ1v) is 6.41. The third-order valence-corrected chi connectivity index (χ3v) is 3.22. The average Bonchev–Trinajstić information content (AvgIpc) is 2.54. The Bertz CT molecular complexity index is 933. The van der Waals surface area contributed by atoms with E-state index >= 15 is 0 Å². The standard InChI is InChI=1S/C15H11N3O4/c1-22-11-7-9(6-10(8-11)18(20)21)14-16-13-5-3-2-4-12(13)15(19)17-14/h2-8H,1H3,(H,16,17,19). The number of fused-ring (bicyclic) bond motifs is 1. The molecule has 2 aromatic carbocycles. The number of hydrogen-bond donors (Lipinski definition) is 1.